The maximum absolute atomic E-state index is 14.0. The van der Waals surface area contributed by atoms with Crippen molar-refractivity contribution >= 4 is 33.1 Å². The maximum atomic E-state index is 14.0. The first-order chi connectivity index (χ1) is 22.4. The number of benzene rings is 5. The Morgan fingerprint density at radius 2 is 1.37 bits per heavy atom. The summed E-state index contributed by atoms with van der Waals surface area (Å²) < 4.78 is 44.6. The Bertz CT molecular complexity index is 2060. The molecule has 228 valence electrons. The fourth-order valence-corrected chi connectivity index (χ4v) is 6.99. The smallest absolute Gasteiger partial charge is 0.285 e. The molecule has 0 radical (unpaired) electrons. The number of hydrogen-bond donors (Lipinski definition) is 0. The van der Waals surface area contributed by atoms with Gasteiger partial charge in [-0.1, -0.05) is 96.6 Å². The number of ether oxygens (including phenoxy) is 2. The van der Waals surface area contributed by atoms with Crippen LogP contribution in [0.2, 0.25) is 0 Å². The average Bonchev–Trinajstić information content (AvgIpc) is 3.64. The maximum Gasteiger partial charge on any atom is 0.285 e. The molecule has 8 heteroatoms. The fraction of sp³-hybridized carbons (Fsp3) is 0.105. The van der Waals surface area contributed by atoms with Crippen molar-refractivity contribution < 1.29 is 17.9 Å². The molecule has 0 bridgehead atoms. The van der Waals surface area contributed by atoms with E-state index in [1.165, 1.54) is 0 Å². The molecule has 0 saturated heterocycles. The van der Waals surface area contributed by atoms with Crippen molar-refractivity contribution in [1.29, 1.82) is 0 Å². The normalized spacial score (nSPS) is 20.0. The molecule has 7 nitrogen and oxygen atoms in total. The molecule has 7 rings (SSSR count). The number of methoxy groups -OCH3 is 1. The average molecular weight is 626 g/mol. The number of nitrogens with zero attached hydrogens (tertiary/aromatic N) is 3. The van der Waals surface area contributed by atoms with Crippen LogP contribution in [0.15, 0.2) is 160 Å². The predicted molar refractivity (Wildman–Crippen MR) is 182 cm³/mol. The lowest BCUT2D eigenvalue weighted by Gasteiger charge is -2.36. The van der Waals surface area contributed by atoms with Crippen molar-refractivity contribution in [2.24, 2.45) is 9.50 Å². The van der Waals surface area contributed by atoms with E-state index in [0.29, 0.717) is 11.5 Å². The van der Waals surface area contributed by atoms with Gasteiger partial charge < -0.3 is 9.47 Å². The quantitative estimate of drug-likeness (QED) is 0.186. The van der Waals surface area contributed by atoms with Crippen molar-refractivity contribution in [3.63, 3.8) is 0 Å². The van der Waals surface area contributed by atoms with Crippen LogP contribution in [0.4, 0.5) is 5.69 Å². The SMILES string of the molecule is COc1ccc(C2=CC3(C(=NS(=O)(=O)c4ccc(C)cc4)O2)C(c2ccccc2)C(c2ccccc2)=NN3c2ccccc2)cc1. The fourth-order valence-electron chi connectivity index (χ4n) is 6.01. The van der Waals surface area contributed by atoms with Crippen molar-refractivity contribution in [3.05, 3.63) is 168 Å². The Kier molecular flexibility index (Phi) is 7.50. The van der Waals surface area contributed by atoms with Gasteiger partial charge in [-0.15, -0.1) is 4.40 Å². The standard InChI is InChI=1S/C38H31N3O4S/c1-27-18-24-33(25-19-27)46(42,43)40-37-38(26-34(45-37)28-20-22-32(44-2)23-21-28)35(29-12-6-3-7-13-29)36(30-14-8-4-9-15-30)39-41(38)31-16-10-5-11-17-31/h3-26,35H,1-2H3. The Balaban J connectivity index is 1.53. The second kappa shape index (κ2) is 11.8. The summed E-state index contributed by atoms with van der Waals surface area (Å²) in [7, 11) is -2.59. The van der Waals surface area contributed by atoms with Gasteiger partial charge in [0.05, 0.1) is 29.3 Å². The lowest BCUT2D eigenvalue weighted by molar-refractivity contribution is 0.414. The van der Waals surface area contributed by atoms with Crippen molar-refractivity contribution in [3.8, 4) is 5.75 Å². The minimum atomic E-state index is -4.20. The summed E-state index contributed by atoms with van der Waals surface area (Å²) >= 11 is 0. The summed E-state index contributed by atoms with van der Waals surface area (Å²) in [5.74, 6) is 0.661. The van der Waals surface area contributed by atoms with Crippen LogP contribution in [0.1, 0.15) is 28.2 Å². The van der Waals surface area contributed by atoms with E-state index >= 15 is 0 Å². The molecule has 0 fully saturated rings. The third kappa shape index (κ3) is 5.16. The molecule has 2 aliphatic heterocycles. The number of rotatable bonds is 7. The van der Waals surface area contributed by atoms with E-state index in [4.69, 9.17) is 14.6 Å². The van der Waals surface area contributed by atoms with Crippen LogP contribution in [0, 0.1) is 6.92 Å². The van der Waals surface area contributed by atoms with Gasteiger partial charge >= 0.3 is 0 Å². The zero-order valence-corrected chi connectivity index (χ0v) is 26.1. The van der Waals surface area contributed by atoms with Crippen molar-refractivity contribution in [1.82, 2.24) is 0 Å². The molecule has 0 saturated carbocycles. The first kappa shape index (κ1) is 29.3. The van der Waals surface area contributed by atoms with Gasteiger partial charge in [0.1, 0.15) is 11.5 Å². The van der Waals surface area contributed by atoms with Crippen LogP contribution < -0.4 is 9.75 Å². The highest BCUT2D eigenvalue weighted by molar-refractivity contribution is 7.90. The molecule has 2 heterocycles. The van der Waals surface area contributed by atoms with E-state index in [1.807, 2.05) is 133 Å². The Hall–Kier alpha value is -5.47. The molecule has 0 amide bonds. The summed E-state index contributed by atoms with van der Waals surface area (Å²) in [5.41, 5.74) is 3.74. The van der Waals surface area contributed by atoms with Gasteiger partial charge in [0, 0.05) is 5.56 Å². The highest BCUT2D eigenvalue weighted by atomic mass is 32.2. The molecule has 2 unspecified atom stereocenters. The summed E-state index contributed by atoms with van der Waals surface area (Å²) in [6.45, 7) is 1.91. The van der Waals surface area contributed by atoms with E-state index in [0.717, 1.165) is 33.7 Å². The summed E-state index contributed by atoms with van der Waals surface area (Å²) in [5, 5.41) is 7.13. The number of hydrazone groups is 1. The van der Waals surface area contributed by atoms with Crippen LogP contribution in [-0.2, 0) is 14.8 Å². The monoisotopic (exact) mass is 625 g/mol. The van der Waals surface area contributed by atoms with Gasteiger partial charge in [-0.05, 0) is 72.7 Å². The van der Waals surface area contributed by atoms with Gasteiger partial charge in [0.25, 0.3) is 10.0 Å². The van der Waals surface area contributed by atoms with E-state index < -0.39 is 21.5 Å². The topological polar surface area (TPSA) is 80.6 Å². The first-order valence-electron chi connectivity index (χ1n) is 14.9. The number of anilines is 1. The van der Waals surface area contributed by atoms with Gasteiger partial charge in [0.15, 0.2) is 5.54 Å². The molecular formula is C38H31N3O4S. The Morgan fingerprint density at radius 3 is 2.00 bits per heavy atom. The van der Waals surface area contributed by atoms with Crippen LogP contribution in [0.3, 0.4) is 0 Å². The second-order valence-electron chi connectivity index (χ2n) is 11.2. The number of para-hydroxylation sites is 1. The van der Waals surface area contributed by atoms with E-state index in [2.05, 4.69) is 4.40 Å². The number of sulfonamides is 1. The highest BCUT2D eigenvalue weighted by Crippen LogP contribution is 2.51. The lowest BCUT2D eigenvalue weighted by Crippen LogP contribution is -2.51. The zero-order chi connectivity index (χ0) is 31.7. The third-order valence-corrected chi connectivity index (χ3v) is 9.55. The lowest BCUT2D eigenvalue weighted by atomic mass is 9.75. The minimum absolute atomic E-state index is 0.00582. The Morgan fingerprint density at radius 1 is 0.761 bits per heavy atom. The molecule has 2 atom stereocenters. The predicted octanol–water partition coefficient (Wildman–Crippen LogP) is 7.61. The second-order valence-corrected chi connectivity index (χ2v) is 12.8. The molecular weight excluding hydrogens is 595 g/mol. The first-order valence-corrected chi connectivity index (χ1v) is 16.3. The van der Waals surface area contributed by atoms with Gasteiger partial charge in [-0.25, -0.2) is 5.01 Å². The van der Waals surface area contributed by atoms with Crippen molar-refractivity contribution in [2.75, 3.05) is 12.1 Å². The Labute approximate surface area is 268 Å². The molecule has 5 aromatic carbocycles. The molecule has 46 heavy (non-hydrogen) atoms. The highest BCUT2D eigenvalue weighted by Gasteiger charge is 2.60. The van der Waals surface area contributed by atoms with Crippen LogP contribution in [-0.4, -0.2) is 32.7 Å². The van der Waals surface area contributed by atoms with Gasteiger partial charge in [0.2, 0.25) is 5.90 Å². The molecule has 1 spiro atoms. The largest absolute Gasteiger partial charge is 0.497 e. The third-order valence-electron chi connectivity index (χ3n) is 8.27. The van der Waals surface area contributed by atoms with Crippen molar-refractivity contribution in [2.45, 2.75) is 23.3 Å². The number of hydrogen-bond acceptors (Lipinski definition) is 6. The molecule has 0 N–H and O–H groups in total. The molecule has 5 aromatic rings. The molecule has 0 aromatic heterocycles. The van der Waals surface area contributed by atoms with Crippen LogP contribution in [0.5, 0.6) is 5.75 Å². The summed E-state index contributed by atoms with van der Waals surface area (Å²) in [6, 6.07) is 43.7. The summed E-state index contributed by atoms with van der Waals surface area (Å²) in [6.07, 6.45) is 1.96. The molecule has 0 aliphatic carbocycles. The van der Waals surface area contributed by atoms with E-state index in [-0.39, 0.29) is 10.8 Å². The van der Waals surface area contributed by atoms with E-state index in [9.17, 15) is 8.42 Å². The van der Waals surface area contributed by atoms with Gasteiger partial charge in [-0.3, -0.25) is 0 Å². The van der Waals surface area contributed by atoms with Crippen LogP contribution >= 0.6 is 0 Å². The van der Waals surface area contributed by atoms with Crippen LogP contribution in [0.25, 0.3) is 5.76 Å². The summed E-state index contributed by atoms with van der Waals surface area (Å²) in [4.78, 5) is 0.0759. The van der Waals surface area contributed by atoms with E-state index in [1.54, 1.807) is 31.4 Å². The zero-order valence-electron chi connectivity index (χ0n) is 25.3. The van der Waals surface area contributed by atoms with Gasteiger partial charge in [-0.2, -0.15) is 13.5 Å². The minimum Gasteiger partial charge on any atom is -0.497 e. The number of aryl methyl sites for hydroxylation is 1. The molecule has 2 aliphatic rings.